The Kier molecular flexibility index (Phi) is 5.87. The first-order chi connectivity index (χ1) is 13.8. The highest BCUT2D eigenvalue weighted by atomic mass is 16.6. The summed E-state index contributed by atoms with van der Waals surface area (Å²) in [5.74, 6) is -0.415. The molecule has 3 rings (SSSR count). The van der Waals surface area contributed by atoms with Crippen LogP contribution in [-0.4, -0.2) is 25.2 Å². The zero-order chi connectivity index (χ0) is 21.0. The Labute approximate surface area is 166 Å². The van der Waals surface area contributed by atoms with Crippen molar-refractivity contribution in [1.29, 1.82) is 0 Å². The molecule has 2 heterocycles. The van der Waals surface area contributed by atoms with Gasteiger partial charge < -0.3 is 5.32 Å². The third-order valence-electron chi connectivity index (χ3n) is 4.66. The van der Waals surface area contributed by atoms with Crippen molar-refractivity contribution in [2.45, 2.75) is 33.5 Å². The monoisotopic (exact) mass is 395 g/mol. The number of aromatic nitrogens is 3. The molecule has 0 spiro atoms. The number of rotatable bonds is 7. The first kappa shape index (κ1) is 20.0. The van der Waals surface area contributed by atoms with Crippen LogP contribution in [0, 0.1) is 24.0 Å². The van der Waals surface area contributed by atoms with Gasteiger partial charge in [-0.1, -0.05) is 30.3 Å². The molecule has 2 aromatic heterocycles. The molecule has 0 fully saturated rings. The molecule has 150 valence electrons. The Morgan fingerprint density at radius 2 is 1.90 bits per heavy atom. The molecule has 0 aliphatic rings. The minimum Gasteiger partial charge on any atom is -0.350 e. The third-order valence-corrected chi connectivity index (χ3v) is 4.66. The maximum absolute atomic E-state index is 12.3. The number of carbonyl (C=O) groups is 1. The van der Waals surface area contributed by atoms with Crippen molar-refractivity contribution >= 4 is 11.6 Å². The lowest BCUT2D eigenvalue weighted by Gasteiger charge is -2.08. The highest BCUT2D eigenvalue weighted by molar-refractivity contribution is 5.75. The molecule has 9 nitrogen and oxygen atoms in total. The summed E-state index contributed by atoms with van der Waals surface area (Å²) in [5.41, 5.74) is 3.06. The van der Waals surface area contributed by atoms with Crippen molar-refractivity contribution in [3.63, 3.8) is 0 Å². The maximum atomic E-state index is 12.3. The number of hydrogen-bond acceptors (Lipinski definition) is 5. The molecule has 29 heavy (non-hydrogen) atoms. The highest BCUT2D eigenvalue weighted by Crippen LogP contribution is 2.15. The predicted octanol–water partition coefficient (Wildman–Crippen LogP) is 1.93. The summed E-state index contributed by atoms with van der Waals surface area (Å²) in [6, 6.07) is 12.1. The second-order valence-electron chi connectivity index (χ2n) is 6.68. The van der Waals surface area contributed by atoms with E-state index in [4.69, 9.17) is 0 Å². The number of benzene rings is 1. The Morgan fingerprint density at radius 1 is 1.17 bits per heavy atom. The average molecular weight is 395 g/mol. The lowest BCUT2D eigenvalue weighted by molar-refractivity contribution is -0.385. The Bertz CT molecular complexity index is 1100. The molecule has 0 aliphatic heterocycles. The van der Waals surface area contributed by atoms with Gasteiger partial charge in [0.05, 0.1) is 23.4 Å². The SMILES string of the molecule is Cc1nn(Cc2ccccc2)c(C)c1CNC(=O)Cn1cc([N+](=O)[O-])ccc1=O. The van der Waals surface area contributed by atoms with E-state index >= 15 is 0 Å². The van der Waals surface area contributed by atoms with E-state index in [-0.39, 0.29) is 18.8 Å². The van der Waals surface area contributed by atoms with Gasteiger partial charge in [-0.3, -0.25) is 29.0 Å². The molecule has 0 radical (unpaired) electrons. The van der Waals surface area contributed by atoms with Crippen LogP contribution in [0.15, 0.2) is 53.5 Å². The average Bonchev–Trinajstić information content (AvgIpc) is 2.95. The van der Waals surface area contributed by atoms with E-state index < -0.39 is 16.4 Å². The summed E-state index contributed by atoms with van der Waals surface area (Å²) in [6.07, 6.45) is 1.07. The van der Waals surface area contributed by atoms with Crippen molar-refractivity contribution in [3.05, 3.63) is 91.6 Å². The fourth-order valence-electron chi connectivity index (χ4n) is 3.05. The second-order valence-corrected chi connectivity index (χ2v) is 6.68. The molecule has 1 amide bonds. The topological polar surface area (TPSA) is 112 Å². The molecule has 0 aliphatic carbocycles. The molecule has 0 atom stereocenters. The standard InChI is InChI=1S/C20H21N5O4/c1-14-18(15(2)24(22-14)11-16-6-4-3-5-7-16)10-21-19(26)13-23-12-17(25(28)29)8-9-20(23)27/h3-9,12H,10-11,13H2,1-2H3,(H,21,26). The van der Waals surface area contributed by atoms with Crippen LogP contribution in [0.5, 0.6) is 0 Å². The quantitative estimate of drug-likeness (QED) is 0.485. The van der Waals surface area contributed by atoms with Gasteiger partial charge in [0.1, 0.15) is 6.54 Å². The molecule has 0 unspecified atom stereocenters. The molecule has 1 N–H and O–H groups in total. The summed E-state index contributed by atoms with van der Waals surface area (Å²) in [5, 5.41) is 18.2. The van der Waals surface area contributed by atoms with Crippen LogP contribution >= 0.6 is 0 Å². The number of carbonyl (C=O) groups excluding carboxylic acids is 1. The van der Waals surface area contributed by atoms with Gasteiger partial charge in [-0.15, -0.1) is 0 Å². The zero-order valence-electron chi connectivity index (χ0n) is 16.2. The highest BCUT2D eigenvalue weighted by Gasteiger charge is 2.14. The van der Waals surface area contributed by atoms with Crippen LogP contribution in [-0.2, 0) is 24.4 Å². The maximum Gasteiger partial charge on any atom is 0.285 e. The van der Waals surface area contributed by atoms with Crippen molar-refractivity contribution in [2.75, 3.05) is 0 Å². The summed E-state index contributed by atoms with van der Waals surface area (Å²) >= 11 is 0. The number of nitro groups is 1. The van der Waals surface area contributed by atoms with Crippen LogP contribution < -0.4 is 10.9 Å². The Balaban J connectivity index is 1.67. The second kappa shape index (κ2) is 8.51. The summed E-state index contributed by atoms with van der Waals surface area (Å²) in [6.45, 7) is 4.41. The van der Waals surface area contributed by atoms with Crippen LogP contribution in [0.1, 0.15) is 22.5 Å². The van der Waals surface area contributed by atoms with Gasteiger partial charge in [-0.25, -0.2) is 0 Å². The van der Waals surface area contributed by atoms with E-state index in [2.05, 4.69) is 10.4 Å². The van der Waals surface area contributed by atoms with Gasteiger partial charge >= 0.3 is 0 Å². The molecule has 0 saturated carbocycles. The summed E-state index contributed by atoms with van der Waals surface area (Å²) in [4.78, 5) is 34.3. The molecule has 1 aromatic carbocycles. The molecule has 3 aromatic rings. The lowest BCUT2D eigenvalue weighted by Crippen LogP contribution is -2.31. The first-order valence-electron chi connectivity index (χ1n) is 9.03. The number of nitrogens with one attached hydrogen (secondary N) is 1. The molecule has 0 bridgehead atoms. The molecule has 9 heteroatoms. The van der Waals surface area contributed by atoms with E-state index in [1.54, 1.807) is 0 Å². The molecular formula is C20H21N5O4. The fourth-order valence-corrected chi connectivity index (χ4v) is 3.05. The van der Waals surface area contributed by atoms with Crippen LogP contribution in [0.4, 0.5) is 5.69 Å². The minimum atomic E-state index is -0.609. The van der Waals surface area contributed by atoms with Crippen LogP contribution in [0.25, 0.3) is 0 Å². The number of pyridine rings is 1. The third kappa shape index (κ3) is 4.75. The largest absolute Gasteiger partial charge is 0.350 e. The smallest absolute Gasteiger partial charge is 0.285 e. The van der Waals surface area contributed by atoms with Crippen molar-refractivity contribution in [3.8, 4) is 0 Å². The number of aryl methyl sites for hydroxylation is 1. The van der Waals surface area contributed by atoms with Crippen molar-refractivity contribution < 1.29 is 9.72 Å². The van der Waals surface area contributed by atoms with Crippen molar-refractivity contribution in [1.82, 2.24) is 19.7 Å². The van der Waals surface area contributed by atoms with E-state index in [1.165, 1.54) is 0 Å². The van der Waals surface area contributed by atoms with Crippen LogP contribution in [0.2, 0.25) is 0 Å². The molecular weight excluding hydrogens is 374 g/mol. The minimum absolute atomic E-state index is 0.244. The molecule has 0 saturated heterocycles. The number of hydrogen-bond donors (Lipinski definition) is 1. The van der Waals surface area contributed by atoms with Gasteiger partial charge in [-0.2, -0.15) is 5.10 Å². The van der Waals surface area contributed by atoms with E-state index in [0.29, 0.717) is 6.54 Å². The predicted molar refractivity (Wildman–Crippen MR) is 106 cm³/mol. The van der Waals surface area contributed by atoms with Gasteiger partial charge in [0, 0.05) is 29.9 Å². The fraction of sp³-hybridized carbons (Fsp3) is 0.250. The van der Waals surface area contributed by atoms with Gasteiger partial charge in [0.2, 0.25) is 5.91 Å². The first-order valence-corrected chi connectivity index (χ1v) is 9.03. The number of amides is 1. The van der Waals surface area contributed by atoms with E-state index in [0.717, 1.165) is 45.4 Å². The van der Waals surface area contributed by atoms with Gasteiger partial charge in [0.25, 0.3) is 11.2 Å². The van der Waals surface area contributed by atoms with Crippen molar-refractivity contribution in [2.24, 2.45) is 0 Å². The Morgan fingerprint density at radius 3 is 2.59 bits per heavy atom. The summed E-state index contributed by atoms with van der Waals surface area (Å²) < 4.78 is 2.91. The van der Waals surface area contributed by atoms with Gasteiger partial charge in [-0.05, 0) is 19.4 Å². The normalized spacial score (nSPS) is 10.7. The van der Waals surface area contributed by atoms with Crippen LogP contribution in [0.3, 0.4) is 0 Å². The Hall–Kier alpha value is -3.75. The summed E-state index contributed by atoms with van der Waals surface area (Å²) in [7, 11) is 0. The van der Waals surface area contributed by atoms with Gasteiger partial charge in [0.15, 0.2) is 0 Å². The lowest BCUT2D eigenvalue weighted by atomic mass is 10.2. The van der Waals surface area contributed by atoms with E-state index in [9.17, 15) is 19.7 Å². The number of nitrogens with zero attached hydrogens (tertiary/aromatic N) is 4. The van der Waals surface area contributed by atoms with E-state index in [1.807, 2.05) is 48.9 Å². The zero-order valence-corrected chi connectivity index (χ0v) is 16.2.